The maximum absolute atomic E-state index is 15.5. The first-order valence-corrected chi connectivity index (χ1v) is 22.3. The average molecular weight is 834 g/mol. The molecule has 4 aromatic rings. The lowest BCUT2D eigenvalue weighted by atomic mass is 9.64. The molecule has 0 radical (unpaired) electrons. The van der Waals surface area contributed by atoms with Gasteiger partial charge in [-0.25, -0.2) is 0 Å². The first kappa shape index (κ1) is 42.2. The van der Waals surface area contributed by atoms with E-state index in [0.717, 1.165) is 33.2 Å². The van der Waals surface area contributed by atoms with E-state index >= 15 is 4.79 Å². The summed E-state index contributed by atoms with van der Waals surface area (Å²) in [6.45, 7) is 10.1. The van der Waals surface area contributed by atoms with E-state index in [0.29, 0.717) is 73.3 Å². The van der Waals surface area contributed by atoms with Crippen LogP contribution in [-0.2, 0) is 27.3 Å². The Morgan fingerprint density at radius 3 is 2.42 bits per heavy atom. The summed E-state index contributed by atoms with van der Waals surface area (Å²) >= 11 is 1.48. The number of hydrogen-bond donors (Lipinski definition) is 2. The maximum Gasteiger partial charge on any atom is 0.313 e. The van der Waals surface area contributed by atoms with Gasteiger partial charge in [0.25, 0.3) is 5.91 Å². The second kappa shape index (κ2) is 15.4. The zero-order chi connectivity index (χ0) is 42.8. The highest BCUT2D eigenvalue weighted by molar-refractivity contribution is 7.21. The Kier molecular flexibility index (Phi) is 10.9. The van der Waals surface area contributed by atoms with Crippen molar-refractivity contribution in [1.82, 2.24) is 4.90 Å². The van der Waals surface area contributed by atoms with Crippen molar-refractivity contribution in [2.24, 2.45) is 16.2 Å². The number of aliphatic hydroxyl groups is 2. The molecule has 2 saturated carbocycles. The summed E-state index contributed by atoms with van der Waals surface area (Å²) in [6.07, 6.45) is 6.58. The van der Waals surface area contributed by atoms with Gasteiger partial charge in [-0.1, -0.05) is 62.8 Å². The van der Waals surface area contributed by atoms with Crippen molar-refractivity contribution >= 4 is 39.1 Å². The van der Waals surface area contributed by atoms with Gasteiger partial charge in [-0.05, 0) is 124 Å². The molecule has 2 N–H and O–H groups in total. The zero-order valence-corrected chi connectivity index (χ0v) is 36.9. The summed E-state index contributed by atoms with van der Waals surface area (Å²) in [5, 5.41) is 25.6. The molecule has 10 heteroatoms. The van der Waals surface area contributed by atoms with Crippen molar-refractivity contribution in [2.45, 2.75) is 122 Å². The van der Waals surface area contributed by atoms with Crippen LogP contribution < -0.4 is 9.47 Å². The second-order valence-corrected chi connectivity index (χ2v) is 20.0. The minimum atomic E-state index is -1.41. The van der Waals surface area contributed by atoms with Crippen LogP contribution in [0.3, 0.4) is 0 Å². The van der Waals surface area contributed by atoms with Crippen LogP contribution in [0.4, 0.5) is 0 Å². The van der Waals surface area contributed by atoms with E-state index in [1.54, 1.807) is 25.2 Å². The molecule has 3 fully saturated rings. The van der Waals surface area contributed by atoms with Crippen LogP contribution >= 0.6 is 11.3 Å². The molecule has 1 saturated heterocycles. The third kappa shape index (κ3) is 6.68. The highest BCUT2D eigenvalue weighted by Crippen LogP contribution is 2.66. The van der Waals surface area contributed by atoms with Gasteiger partial charge in [0.15, 0.2) is 5.60 Å². The third-order valence-electron chi connectivity index (χ3n) is 15.6. The first-order chi connectivity index (χ1) is 28.5. The number of fused-ring (bicyclic) bond motifs is 11. The minimum Gasteiger partial charge on any atom is -0.497 e. The number of thiophene rings is 1. The largest absolute Gasteiger partial charge is 0.497 e. The van der Waals surface area contributed by atoms with Crippen molar-refractivity contribution in [2.75, 3.05) is 20.8 Å². The summed E-state index contributed by atoms with van der Waals surface area (Å²) in [5.74, 6) is 0.159. The third-order valence-corrected chi connectivity index (χ3v) is 16.7. The fourth-order valence-electron chi connectivity index (χ4n) is 11.1. The number of aliphatic hydroxyl groups excluding tert-OH is 1. The normalized spacial score (nSPS) is 29.8. The number of ether oxygens (including phenoxy) is 3. The smallest absolute Gasteiger partial charge is 0.313 e. The maximum atomic E-state index is 15.5. The van der Waals surface area contributed by atoms with E-state index in [-0.39, 0.29) is 36.7 Å². The van der Waals surface area contributed by atoms with Crippen molar-refractivity contribution in [1.29, 1.82) is 0 Å². The summed E-state index contributed by atoms with van der Waals surface area (Å²) in [6, 6.07) is 21.5. The molecule has 4 aliphatic carbocycles. The van der Waals surface area contributed by atoms with E-state index in [1.807, 2.05) is 81.4 Å². The van der Waals surface area contributed by atoms with E-state index in [4.69, 9.17) is 14.2 Å². The van der Waals surface area contributed by atoms with Gasteiger partial charge >= 0.3 is 5.97 Å². The van der Waals surface area contributed by atoms with E-state index in [9.17, 15) is 19.8 Å². The Hall–Kier alpha value is -4.51. The molecule has 1 amide bonds. The number of allylic oxidation sites excluding steroid dienone is 2. The zero-order valence-electron chi connectivity index (χ0n) is 36.1. The van der Waals surface area contributed by atoms with Gasteiger partial charge < -0.3 is 29.3 Å². The molecule has 5 aliphatic rings. The predicted octanol–water partition coefficient (Wildman–Crippen LogP) is 9.34. The van der Waals surface area contributed by atoms with Crippen LogP contribution in [0.2, 0.25) is 0 Å². The highest BCUT2D eigenvalue weighted by Gasteiger charge is 2.76. The SMILES string of the molecule is COc1ccc(CN(C[C@]2(O)CC[C@H]3c4ccc(cc4C(=O)c4cc5ccccc5s4)C[C@@H](O)CCC(C)=CCC[C@@]32C)C(=O)[C@@]23CC[C@@](C)(C(=O)O2)C3(C)C)c(OC)c1. The number of rotatable bonds is 9. The van der Waals surface area contributed by atoms with Crippen LogP contribution in [0.5, 0.6) is 11.5 Å². The van der Waals surface area contributed by atoms with Crippen LogP contribution in [0, 0.1) is 16.2 Å². The van der Waals surface area contributed by atoms with Crippen molar-refractivity contribution in [3.8, 4) is 11.5 Å². The van der Waals surface area contributed by atoms with Crippen LogP contribution in [0.15, 0.2) is 78.4 Å². The Morgan fingerprint density at radius 1 is 0.933 bits per heavy atom. The number of methoxy groups -OCH3 is 2. The van der Waals surface area contributed by atoms with Gasteiger partial charge in [0.1, 0.15) is 11.5 Å². The summed E-state index contributed by atoms with van der Waals surface area (Å²) in [7, 11) is 3.17. The lowest BCUT2D eigenvalue weighted by molar-refractivity contribution is -0.178. The Balaban J connectivity index is 1.24. The lowest BCUT2D eigenvalue weighted by Crippen LogP contribution is -2.60. The number of carbonyl (C=O) groups is 3. The molecule has 1 aromatic heterocycles. The topological polar surface area (TPSA) is 123 Å². The van der Waals surface area contributed by atoms with E-state index < -0.39 is 33.6 Å². The van der Waals surface area contributed by atoms with Gasteiger partial charge in [-0.2, -0.15) is 0 Å². The van der Waals surface area contributed by atoms with Crippen molar-refractivity contribution < 1.29 is 38.8 Å². The number of esters is 1. The molecule has 6 atom stereocenters. The van der Waals surface area contributed by atoms with Gasteiger partial charge in [-0.3, -0.25) is 14.4 Å². The van der Waals surface area contributed by atoms with Crippen molar-refractivity contribution in [3.05, 3.63) is 106 Å². The monoisotopic (exact) mass is 833 g/mol. The Labute approximate surface area is 357 Å². The van der Waals surface area contributed by atoms with Gasteiger partial charge in [0.05, 0.1) is 42.8 Å². The number of benzene rings is 3. The van der Waals surface area contributed by atoms with Crippen LogP contribution in [0.1, 0.15) is 124 Å². The highest BCUT2D eigenvalue weighted by atomic mass is 32.1. The number of ketones is 1. The molecule has 0 spiro atoms. The Bertz CT molecular complexity index is 2350. The fourth-order valence-corrected chi connectivity index (χ4v) is 12.1. The molecule has 4 bridgehead atoms. The number of nitrogens with zero attached hydrogens (tertiary/aromatic N) is 1. The summed E-state index contributed by atoms with van der Waals surface area (Å²) in [5.41, 5.74) is -0.972. The molecule has 0 unspecified atom stereocenters. The molecular formula is C50H59NO8S. The Morgan fingerprint density at radius 2 is 1.72 bits per heavy atom. The average Bonchev–Trinajstić information content (AvgIpc) is 3.88. The standard InChI is InChI=1S/C50H59NO8S/c1-31-11-10-21-47(4)39(37-19-15-32(25-35(52)17-14-31)26-38(37)43(53)42-27-33-12-8-9-13-41(33)60-42)20-22-49(47,56)30-51(29-34-16-18-36(57-6)28-40(34)58-7)44(54)50-24-23-48(5,45(55)59-50)46(50,2)3/h8-9,11-13,15-16,18-19,26-28,35,39,52,56H,10,14,17,20-25,29-30H2,1-7H3/t35-,39-,47-,48-,49+,50+/m0/s1. The quantitative estimate of drug-likeness (QED) is 0.0973. The van der Waals surface area contributed by atoms with E-state index in [1.165, 1.54) is 16.9 Å². The van der Waals surface area contributed by atoms with Gasteiger partial charge in [0.2, 0.25) is 5.78 Å². The molecule has 9 nitrogen and oxygen atoms in total. The van der Waals surface area contributed by atoms with E-state index in [2.05, 4.69) is 19.9 Å². The molecule has 60 heavy (non-hydrogen) atoms. The van der Waals surface area contributed by atoms with Crippen molar-refractivity contribution in [3.63, 3.8) is 0 Å². The minimum absolute atomic E-state index is 0.0212. The molecular weight excluding hydrogens is 775 g/mol. The molecule has 9 rings (SSSR count). The van der Waals surface area contributed by atoms with Crippen LogP contribution in [-0.4, -0.2) is 70.8 Å². The molecule has 2 heterocycles. The lowest BCUT2D eigenvalue weighted by Gasteiger charge is -2.47. The van der Waals surface area contributed by atoms with Crippen LogP contribution in [0.25, 0.3) is 10.1 Å². The summed E-state index contributed by atoms with van der Waals surface area (Å²) < 4.78 is 18.6. The number of amides is 1. The number of carbonyl (C=O) groups excluding carboxylic acids is 3. The van der Waals surface area contributed by atoms with Gasteiger partial charge in [-0.15, -0.1) is 11.3 Å². The summed E-state index contributed by atoms with van der Waals surface area (Å²) in [4.78, 5) is 46.2. The fraction of sp³-hybridized carbons (Fsp3) is 0.500. The molecule has 3 aromatic carbocycles. The first-order valence-electron chi connectivity index (χ1n) is 21.4. The predicted molar refractivity (Wildman–Crippen MR) is 234 cm³/mol. The molecule has 318 valence electrons. The number of hydrogen-bond acceptors (Lipinski definition) is 9. The van der Waals surface area contributed by atoms with Gasteiger partial charge in [0, 0.05) is 39.3 Å². The second-order valence-electron chi connectivity index (χ2n) is 18.9. The molecule has 1 aliphatic heterocycles.